The molecule has 2 rings (SSSR count). The van der Waals surface area contributed by atoms with Crippen molar-refractivity contribution in [2.45, 2.75) is 44.8 Å². The maximum absolute atomic E-state index is 12.7. The molecule has 6 nitrogen and oxygen atoms in total. The van der Waals surface area contributed by atoms with Crippen molar-refractivity contribution < 1.29 is 22.8 Å². The molecule has 0 saturated heterocycles. The highest BCUT2D eigenvalue weighted by Crippen LogP contribution is 2.22. The number of hydrogen-bond acceptors (Lipinski definition) is 4. The number of aliphatic imine (C=N–C) groups is 1. The highest BCUT2D eigenvalue weighted by molar-refractivity contribution is 6.30. The maximum Gasteiger partial charge on any atom is 0.430 e. The van der Waals surface area contributed by atoms with E-state index >= 15 is 0 Å². The number of rotatable bonds is 12. The Morgan fingerprint density at radius 1 is 1.17 bits per heavy atom. The molecule has 1 atom stereocenters. The Kier molecular flexibility index (Phi) is 10.8. The fraction of sp³-hybridized carbons (Fsp3) is 0.320. The van der Waals surface area contributed by atoms with E-state index in [2.05, 4.69) is 15.6 Å². The summed E-state index contributed by atoms with van der Waals surface area (Å²) in [5.41, 5.74) is 6.59. The van der Waals surface area contributed by atoms with Crippen LogP contribution in [-0.2, 0) is 22.4 Å². The SMILES string of the molecule is CCN=C(C=C(N)C(F)(F)F)CCCc1cccc(C[C@H](NC=O)C(=O)Nc2ccc(Cl)cc2)c1. The highest BCUT2D eigenvalue weighted by Gasteiger charge is 2.31. The van der Waals surface area contributed by atoms with Crippen molar-refractivity contribution >= 4 is 35.3 Å². The molecule has 10 heteroatoms. The second kappa shape index (κ2) is 13.5. The van der Waals surface area contributed by atoms with E-state index in [1.54, 1.807) is 31.2 Å². The van der Waals surface area contributed by atoms with Crippen LogP contribution in [0.3, 0.4) is 0 Å². The van der Waals surface area contributed by atoms with E-state index in [0.29, 0.717) is 48.6 Å². The first-order chi connectivity index (χ1) is 16.6. The number of nitrogens with two attached hydrogens (primary N) is 1. The molecule has 0 aliphatic carbocycles. The van der Waals surface area contributed by atoms with Gasteiger partial charge in [0.2, 0.25) is 12.3 Å². The quantitative estimate of drug-likeness (QED) is 0.283. The van der Waals surface area contributed by atoms with Crippen molar-refractivity contribution in [1.82, 2.24) is 5.32 Å². The molecule has 2 aromatic carbocycles. The molecule has 0 fully saturated rings. The van der Waals surface area contributed by atoms with Gasteiger partial charge in [-0.25, -0.2) is 0 Å². The Bertz CT molecular complexity index is 1050. The molecule has 188 valence electrons. The average molecular weight is 509 g/mol. The number of carbonyl (C=O) groups excluding carboxylic acids is 2. The molecule has 2 amide bonds. The molecule has 0 aromatic heterocycles. The van der Waals surface area contributed by atoms with Crippen molar-refractivity contribution in [3.05, 3.63) is 76.5 Å². The summed E-state index contributed by atoms with van der Waals surface area (Å²) < 4.78 is 38.2. The molecule has 0 bridgehead atoms. The van der Waals surface area contributed by atoms with Crippen LogP contribution < -0.4 is 16.4 Å². The lowest BCUT2D eigenvalue weighted by Crippen LogP contribution is -2.41. The summed E-state index contributed by atoms with van der Waals surface area (Å²) >= 11 is 5.86. The smallest absolute Gasteiger partial charge is 0.395 e. The molecule has 0 unspecified atom stereocenters. The summed E-state index contributed by atoms with van der Waals surface area (Å²) in [4.78, 5) is 27.8. The van der Waals surface area contributed by atoms with E-state index < -0.39 is 17.9 Å². The Labute approximate surface area is 207 Å². The van der Waals surface area contributed by atoms with Gasteiger partial charge < -0.3 is 16.4 Å². The fourth-order valence-corrected chi connectivity index (χ4v) is 3.48. The number of allylic oxidation sites excluding steroid dienone is 2. The minimum Gasteiger partial charge on any atom is -0.395 e. The normalized spacial score (nSPS) is 13.3. The third kappa shape index (κ3) is 9.82. The van der Waals surface area contributed by atoms with Crippen molar-refractivity contribution in [3.8, 4) is 0 Å². The first-order valence-corrected chi connectivity index (χ1v) is 11.4. The fourth-order valence-electron chi connectivity index (χ4n) is 3.35. The van der Waals surface area contributed by atoms with E-state index in [-0.39, 0.29) is 12.3 Å². The van der Waals surface area contributed by atoms with Gasteiger partial charge in [0.05, 0.1) is 0 Å². The van der Waals surface area contributed by atoms with Gasteiger partial charge in [0.1, 0.15) is 11.7 Å². The van der Waals surface area contributed by atoms with Gasteiger partial charge in [-0.1, -0.05) is 35.9 Å². The minimum atomic E-state index is -4.59. The van der Waals surface area contributed by atoms with Crippen molar-refractivity contribution in [2.75, 3.05) is 11.9 Å². The van der Waals surface area contributed by atoms with E-state index in [1.807, 2.05) is 24.3 Å². The predicted octanol–water partition coefficient (Wildman–Crippen LogP) is 4.82. The highest BCUT2D eigenvalue weighted by atomic mass is 35.5. The van der Waals surface area contributed by atoms with Crippen LogP contribution in [0, 0.1) is 0 Å². The van der Waals surface area contributed by atoms with Crippen molar-refractivity contribution in [3.63, 3.8) is 0 Å². The molecule has 35 heavy (non-hydrogen) atoms. The van der Waals surface area contributed by atoms with Crippen LogP contribution in [0.2, 0.25) is 5.02 Å². The Hall–Kier alpha value is -3.33. The van der Waals surface area contributed by atoms with Gasteiger partial charge in [0, 0.05) is 29.4 Å². The zero-order valence-corrected chi connectivity index (χ0v) is 20.0. The summed E-state index contributed by atoms with van der Waals surface area (Å²) in [6, 6.07) is 13.3. The topological polar surface area (TPSA) is 96.6 Å². The molecule has 0 saturated carbocycles. The third-order valence-electron chi connectivity index (χ3n) is 5.04. The number of alkyl halides is 3. The second-order valence-electron chi connectivity index (χ2n) is 7.77. The molecule has 0 aliphatic heterocycles. The van der Waals surface area contributed by atoms with Crippen LogP contribution in [0.25, 0.3) is 0 Å². The number of halogens is 4. The number of aryl methyl sites for hydroxylation is 1. The zero-order chi connectivity index (χ0) is 25.8. The summed E-state index contributed by atoms with van der Waals surface area (Å²) in [6.07, 6.45) is -1.46. The monoisotopic (exact) mass is 508 g/mol. The van der Waals surface area contributed by atoms with Gasteiger partial charge in [-0.3, -0.25) is 14.6 Å². The largest absolute Gasteiger partial charge is 0.430 e. The number of benzene rings is 2. The Morgan fingerprint density at radius 3 is 2.49 bits per heavy atom. The van der Waals surface area contributed by atoms with Gasteiger partial charge >= 0.3 is 6.18 Å². The lowest BCUT2D eigenvalue weighted by molar-refractivity contribution is -0.121. The van der Waals surface area contributed by atoms with Crippen LogP contribution in [0.4, 0.5) is 18.9 Å². The van der Waals surface area contributed by atoms with Gasteiger partial charge in [0.25, 0.3) is 0 Å². The molecule has 4 N–H and O–H groups in total. The average Bonchev–Trinajstić information content (AvgIpc) is 2.80. The van der Waals surface area contributed by atoms with Crippen LogP contribution >= 0.6 is 11.6 Å². The number of anilines is 1. The first kappa shape index (κ1) is 27.9. The van der Waals surface area contributed by atoms with Crippen LogP contribution in [0.1, 0.15) is 30.9 Å². The van der Waals surface area contributed by atoms with Gasteiger partial charge in [0.15, 0.2) is 0 Å². The van der Waals surface area contributed by atoms with Gasteiger partial charge in [-0.2, -0.15) is 13.2 Å². The number of carbonyl (C=O) groups is 2. The molecule has 0 heterocycles. The van der Waals surface area contributed by atoms with E-state index in [4.69, 9.17) is 17.3 Å². The second-order valence-corrected chi connectivity index (χ2v) is 8.21. The van der Waals surface area contributed by atoms with Gasteiger partial charge in [-0.05, 0) is 67.7 Å². The molecule has 0 aliphatic rings. The van der Waals surface area contributed by atoms with E-state index in [0.717, 1.165) is 17.2 Å². The van der Waals surface area contributed by atoms with Crippen LogP contribution in [-0.4, -0.2) is 36.8 Å². The van der Waals surface area contributed by atoms with E-state index in [1.165, 1.54) is 0 Å². The Morgan fingerprint density at radius 2 is 1.86 bits per heavy atom. The molecular formula is C25H28ClF3N4O2. The summed E-state index contributed by atoms with van der Waals surface area (Å²) in [5, 5.41) is 5.82. The van der Waals surface area contributed by atoms with Crippen molar-refractivity contribution in [2.24, 2.45) is 10.7 Å². The van der Waals surface area contributed by atoms with E-state index in [9.17, 15) is 22.8 Å². The number of hydrogen-bond donors (Lipinski definition) is 3. The zero-order valence-electron chi connectivity index (χ0n) is 19.2. The van der Waals surface area contributed by atoms with Crippen molar-refractivity contribution in [1.29, 1.82) is 0 Å². The maximum atomic E-state index is 12.7. The summed E-state index contributed by atoms with van der Waals surface area (Å²) in [6.45, 7) is 2.10. The first-order valence-electron chi connectivity index (χ1n) is 11.0. The number of nitrogens with zero attached hydrogens (tertiary/aromatic N) is 1. The number of nitrogens with one attached hydrogen (secondary N) is 2. The predicted molar refractivity (Wildman–Crippen MR) is 132 cm³/mol. The standard InChI is InChI=1S/C25H28ClF3N4O2/c1-2-31-21(15-23(30)25(27,28)29)8-4-6-17-5-3-7-18(13-17)14-22(32-16-34)24(35)33-20-11-9-19(26)10-12-20/h3,5,7,9-13,15-16,22H,2,4,6,8,14,30H2,1H3,(H,32,34)(H,33,35)/t22-/m0/s1. The Balaban J connectivity index is 2.01. The lowest BCUT2D eigenvalue weighted by Gasteiger charge is -2.17. The molecule has 2 aromatic rings. The molecule has 0 radical (unpaired) electrons. The molecule has 0 spiro atoms. The lowest BCUT2D eigenvalue weighted by atomic mass is 9.99. The number of amides is 2. The molecular weight excluding hydrogens is 481 g/mol. The van der Waals surface area contributed by atoms with Crippen LogP contribution in [0.15, 0.2) is 65.3 Å². The van der Waals surface area contributed by atoms with Gasteiger partial charge in [-0.15, -0.1) is 0 Å². The summed E-state index contributed by atoms with van der Waals surface area (Å²) in [7, 11) is 0. The minimum absolute atomic E-state index is 0.263. The van der Waals surface area contributed by atoms with Crippen LogP contribution in [0.5, 0.6) is 0 Å². The summed E-state index contributed by atoms with van der Waals surface area (Å²) in [5.74, 6) is -0.376. The third-order valence-corrected chi connectivity index (χ3v) is 5.29.